The van der Waals surface area contributed by atoms with Gasteiger partial charge in [0.1, 0.15) is 0 Å². The Balaban J connectivity index is 2.00. The van der Waals surface area contributed by atoms with Gasteiger partial charge >= 0.3 is 5.97 Å². The fraction of sp³-hybridized carbons (Fsp3) is 0.300. The second-order valence-electron chi connectivity index (χ2n) is 6.30. The van der Waals surface area contributed by atoms with Gasteiger partial charge in [0.15, 0.2) is 6.61 Å². The lowest BCUT2D eigenvalue weighted by molar-refractivity contribution is -0.384. The zero-order chi connectivity index (χ0) is 20.7. The molecule has 0 N–H and O–H groups in total. The van der Waals surface area contributed by atoms with E-state index in [1.54, 1.807) is 4.90 Å². The number of nitrogens with zero attached hydrogens (tertiary/aromatic N) is 2. The van der Waals surface area contributed by atoms with Gasteiger partial charge in [0.05, 0.1) is 15.5 Å². The number of non-ortho nitro benzene ring substituents is 1. The predicted octanol–water partition coefficient (Wildman–Crippen LogP) is 4.15. The van der Waals surface area contributed by atoms with E-state index in [0.717, 1.165) is 29.7 Å². The number of hydrogen-bond acceptors (Lipinski definition) is 5. The number of esters is 1. The van der Waals surface area contributed by atoms with E-state index in [1.165, 1.54) is 6.07 Å². The number of carbonyl (C=O) groups is 2. The van der Waals surface area contributed by atoms with Crippen molar-refractivity contribution in [2.24, 2.45) is 0 Å². The first-order valence-electron chi connectivity index (χ1n) is 8.76. The Hall–Kier alpha value is -2.93. The first-order chi connectivity index (χ1) is 13.3. The molecule has 148 valence electrons. The van der Waals surface area contributed by atoms with E-state index < -0.39 is 17.5 Å². The molecule has 0 spiro atoms. The van der Waals surface area contributed by atoms with Gasteiger partial charge in [0.25, 0.3) is 11.6 Å². The highest BCUT2D eigenvalue weighted by molar-refractivity contribution is 6.33. The largest absolute Gasteiger partial charge is 0.452 e. The zero-order valence-electron chi connectivity index (χ0n) is 15.7. The minimum Gasteiger partial charge on any atom is -0.452 e. The summed E-state index contributed by atoms with van der Waals surface area (Å²) >= 11 is 5.92. The van der Waals surface area contributed by atoms with Crippen LogP contribution in [0.25, 0.3) is 0 Å². The summed E-state index contributed by atoms with van der Waals surface area (Å²) in [5, 5.41) is 10.6. The first kappa shape index (κ1) is 21.4. The molecule has 7 nitrogen and oxygen atoms in total. The Morgan fingerprint density at radius 2 is 1.86 bits per heavy atom. The molecule has 0 aliphatic carbocycles. The molecule has 28 heavy (non-hydrogen) atoms. The van der Waals surface area contributed by atoms with Gasteiger partial charge in [-0.25, -0.2) is 4.79 Å². The molecular weight excluding hydrogens is 384 g/mol. The van der Waals surface area contributed by atoms with Crippen molar-refractivity contribution in [3.8, 4) is 0 Å². The third-order valence-electron chi connectivity index (χ3n) is 4.05. The Morgan fingerprint density at radius 3 is 2.43 bits per heavy atom. The van der Waals surface area contributed by atoms with Crippen molar-refractivity contribution in [1.29, 1.82) is 0 Å². The number of benzene rings is 2. The SMILES string of the molecule is CCCN(Cc1ccc(C)cc1)C(=O)COC(=O)c1ccc([N+](=O)[O-])cc1Cl. The molecule has 0 bridgehead atoms. The van der Waals surface area contributed by atoms with Crippen LogP contribution in [0.3, 0.4) is 0 Å². The van der Waals surface area contributed by atoms with E-state index in [4.69, 9.17) is 16.3 Å². The quantitative estimate of drug-likeness (QED) is 0.374. The predicted molar refractivity (Wildman–Crippen MR) is 105 cm³/mol. The molecule has 0 atom stereocenters. The highest BCUT2D eigenvalue weighted by Gasteiger charge is 2.19. The van der Waals surface area contributed by atoms with Crippen molar-refractivity contribution < 1.29 is 19.2 Å². The second-order valence-corrected chi connectivity index (χ2v) is 6.71. The summed E-state index contributed by atoms with van der Waals surface area (Å²) in [6.07, 6.45) is 0.764. The van der Waals surface area contributed by atoms with Crippen LogP contribution in [0.5, 0.6) is 0 Å². The van der Waals surface area contributed by atoms with Crippen molar-refractivity contribution in [1.82, 2.24) is 4.90 Å². The van der Waals surface area contributed by atoms with Crippen molar-refractivity contribution in [2.45, 2.75) is 26.8 Å². The lowest BCUT2D eigenvalue weighted by Gasteiger charge is -2.22. The van der Waals surface area contributed by atoms with Crippen molar-refractivity contribution >= 4 is 29.2 Å². The fourth-order valence-corrected chi connectivity index (χ4v) is 2.81. The van der Waals surface area contributed by atoms with Gasteiger partial charge in [-0.05, 0) is 25.0 Å². The lowest BCUT2D eigenvalue weighted by atomic mass is 10.1. The van der Waals surface area contributed by atoms with Crippen molar-refractivity contribution in [3.63, 3.8) is 0 Å². The van der Waals surface area contributed by atoms with E-state index >= 15 is 0 Å². The molecule has 2 rings (SSSR count). The molecule has 1 amide bonds. The number of amides is 1. The number of aryl methyl sites for hydroxylation is 1. The van der Waals surface area contributed by atoms with Gasteiger partial charge < -0.3 is 9.64 Å². The summed E-state index contributed by atoms with van der Waals surface area (Å²) in [5.41, 5.74) is 1.86. The van der Waals surface area contributed by atoms with Crippen LogP contribution < -0.4 is 0 Å². The number of ether oxygens (including phenoxy) is 1. The Morgan fingerprint density at radius 1 is 1.18 bits per heavy atom. The van der Waals surface area contributed by atoms with Crippen molar-refractivity contribution in [2.75, 3.05) is 13.2 Å². The summed E-state index contributed by atoms with van der Waals surface area (Å²) in [6.45, 7) is 4.46. The number of halogens is 1. The summed E-state index contributed by atoms with van der Waals surface area (Å²) in [7, 11) is 0. The maximum Gasteiger partial charge on any atom is 0.340 e. The van der Waals surface area contributed by atoms with Gasteiger partial charge in [-0.2, -0.15) is 0 Å². The molecule has 0 radical (unpaired) electrons. The molecule has 0 unspecified atom stereocenters. The van der Waals surface area contributed by atoms with E-state index in [1.807, 2.05) is 38.1 Å². The van der Waals surface area contributed by atoms with Gasteiger partial charge in [0, 0.05) is 25.2 Å². The molecule has 0 aromatic heterocycles. The minimum absolute atomic E-state index is 0.0272. The van der Waals surface area contributed by atoms with Gasteiger partial charge in [-0.1, -0.05) is 48.4 Å². The summed E-state index contributed by atoms with van der Waals surface area (Å²) in [6, 6.07) is 11.3. The average molecular weight is 405 g/mol. The van der Waals surface area contributed by atoms with Crippen LogP contribution in [0.15, 0.2) is 42.5 Å². The zero-order valence-corrected chi connectivity index (χ0v) is 16.4. The topological polar surface area (TPSA) is 89.8 Å². The van der Waals surface area contributed by atoms with Crippen LogP contribution in [0, 0.1) is 17.0 Å². The highest BCUT2D eigenvalue weighted by atomic mass is 35.5. The molecule has 2 aromatic carbocycles. The van der Waals surface area contributed by atoms with Gasteiger partial charge in [0.2, 0.25) is 0 Å². The minimum atomic E-state index is -0.806. The molecule has 8 heteroatoms. The third kappa shape index (κ3) is 5.79. The van der Waals surface area contributed by atoms with Crippen LogP contribution in [-0.4, -0.2) is 34.9 Å². The van der Waals surface area contributed by atoms with E-state index in [9.17, 15) is 19.7 Å². The fourth-order valence-electron chi connectivity index (χ4n) is 2.56. The molecule has 0 aliphatic rings. The highest BCUT2D eigenvalue weighted by Crippen LogP contribution is 2.23. The Kier molecular flexibility index (Phi) is 7.52. The molecule has 0 aliphatic heterocycles. The molecule has 0 saturated heterocycles. The average Bonchev–Trinajstić information content (AvgIpc) is 2.67. The number of nitro groups is 1. The van der Waals surface area contributed by atoms with Crippen LogP contribution in [-0.2, 0) is 16.1 Å². The molecule has 0 fully saturated rings. The smallest absolute Gasteiger partial charge is 0.340 e. The van der Waals surface area contributed by atoms with Crippen LogP contribution in [0.2, 0.25) is 5.02 Å². The van der Waals surface area contributed by atoms with Crippen LogP contribution in [0.4, 0.5) is 5.69 Å². The lowest BCUT2D eigenvalue weighted by Crippen LogP contribution is -2.35. The van der Waals surface area contributed by atoms with Crippen LogP contribution in [0.1, 0.15) is 34.8 Å². The van der Waals surface area contributed by atoms with E-state index in [2.05, 4.69) is 0 Å². The number of nitro benzene ring substituents is 1. The van der Waals surface area contributed by atoms with E-state index in [0.29, 0.717) is 13.1 Å². The number of hydrogen-bond donors (Lipinski definition) is 0. The van der Waals surface area contributed by atoms with Crippen LogP contribution >= 0.6 is 11.6 Å². The Labute approximate surface area is 168 Å². The van der Waals surface area contributed by atoms with Gasteiger partial charge in [-0.3, -0.25) is 14.9 Å². The molecular formula is C20H21ClN2O5. The Bertz CT molecular complexity index is 867. The van der Waals surface area contributed by atoms with Crippen molar-refractivity contribution in [3.05, 3.63) is 74.3 Å². The standard InChI is InChI=1S/C20H21ClN2O5/c1-3-10-22(12-15-6-4-14(2)5-7-15)19(24)13-28-20(25)17-9-8-16(23(26)27)11-18(17)21/h4-9,11H,3,10,12-13H2,1-2H3. The molecule has 0 saturated carbocycles. The monoisotopic (exact) mass is 404 g/mol. The molecule has 0 heterocycles. The summed E-state index contributed by atoms with van der Waals surface area (Å²) < 4.78 is 5.07. The maximum atomic E-state index is 12.5. The van der Waals surface area contributed by atoms with Gasteiger partial charge in [-0.15, -0.1) is 0 Å². The first-order valence-corrected chi connectivity index (χ1v) is 9.14. The summed E-state index contributed by atoms with van der Waals surface area (Å²) in [5.74, 6) is -1.13. The molecule has 2 aromatic rings. The maximum absolute atomic E-state index is 12.5. The normalized spacial score (nSPS) is 10.4. The number of rotatable bonds is 8. The third-order valence-corrected chi connectivity index (χ3v) is 4.36. The second kappa shape index (κ2) is 9.85. The number of carbonyl (C=O) groups excluding carboxylic acids is 2. The van der Waals surface area contributed by atoms with E-state index in [-0.39, 0.29) is 22.2 Å². The summed E-state index contributed by atoms with van der Waals surface area (Å²) in [4.78, 5) is 36.4.